The first-order valence-corrected chi connectivity index (χ1v) is 7.66. The molecule has 0 spiro atoms. The molecule has 3 heterocycles. The molecule has 0 bridgehead atoms. The Labute approximate surface area is 122 Å². The number of anilines is 3. The minimum absolute atomic E-state index is 0.279. The van der Waals surface area contributed by atoms with Crippen molar-refractivity contribution in [2.45, 2.75) is 0 Å². The van der Waals surface area contributed by atoms with E-state index in [1.165, 1.54) is 0 Å². The molecule has 0 aliphatic carbocycles. The van der Waals surface area contributed by atoms with Gasteiger partial charge in [0.05, 0.1) is 21.1 Å². The van der Waals surface area contributed by atoms with E-state index in [1.807, 2.05) is 29.1 Å². The summed E-state index contributed by atoms with van der Waals surface area (Å²) in [6.45, 7) is 0. The first kappa shape index (κ1) is 11.6. The maximum Gasteiger partial charge on any atom is 0.223 e. The zero-order chi connectivity index (χ0) is 13.5. The second kappa shape index (κ2) is 4.39. The molecule has 0 saturated carbocycles. The number of nitrogens with zero attached hydrogens (tertiary/aromatic N) is 3. The molecule has 0 aliphatic rings. The summed E-state index contributed by atoms with van der Waals surface area (Å²) in [5.41, 5.74) is 9.56. The van der Waals surface area contributed by atoms with Gasteiger partial charge in [0.2, 0.25) is 5.95 Å². The minimum Gasteiger partial charge on any atom is -0.368 e. The van der Waals surface area contributed by atoms with E-state index >= 15 is 0 Å². The van der Waals surface area contributed by atoms with E-state index in [2.05, 4.69) is 26.3 Å². The van der Waals surface area contributed by atoms with Crippen molar-refractivity contribution in [2.75, 3.05) is 11.1 Å². The molecule has 0 radical (unpaired) electrons. The van der Waals surface area contributed by atoms with E-state index in [9.17, 15) is 0 Å². The maximum absolute atomic E-state index is 5.75. The Balaban J connectivity index is 1.81. The van der Waals surface area contributed by atoms with Crippen molar-refractivity contribution < 1.29 is 0 Å². The molecule has 0 saturated heterocycles. The molecule has 3 N–H and O–H groups in total. The van der Waals surface area contributed by atoms with E-state index < -0.39 is 0 Å². The van der Waals surface area contributed by atoms with Crippen LogP contribution in [0.5, 0.6) is 0 Å². The molecular formula is C13H9N5S2. The Kier molecular flexibility index (Phi) is 2.54. The molecular weight excluding hydrogens is 290 g/mol. The number of nitrogens with one attached hydrogen (secondary N) is 1. The van der Waals surface area contributed by atoms with Gasteiger partial charge in [0.1, 0.15) is 10.6 Å². The second-order valence-corrected chi connectivity index (χ2v) is 6.01. The van der Waals surface area contributed by atoms with Crippen molar-refractivity contribution >= 4 is 60.6 Å². The van der Waals surface area contributed by atoms with Gasteiger partial charge in [0.25, 0.3) is 0 Å². The van der Waals surface area contributed by atoms with Crippen LogP contribution in [-0.2, 0) is 0 Å². The Bertz CT molecular complexity index is 911. The third-order valence-corrected chi connectivity index (χ3v) is 4.53. The highest BCUT2D eigenvalue weighted by Crippen LogP contribution is 2.29. The number of nitrogen functional groups attached to an aromatic ring is 1. The standard InChI is InChI=1S/C13H9N5S2/c14-13-17-11(8-3-4-19-12(8)18-13)16-7-1-2-9-10(5-7)20-6-15-9/h1-6H,(H3,14,16,17,18). The number of rotatable bonds is 2. The van der Waals surface area contributed by atoms with E-state index in [4.69, 9.17) is 5.73 Å². The van der Waals surface area contributed by atoms with Crippen molar-refractivity contribution in [3.05, 3.63) is 35.2 Å². The first-order valence-electron chi connectivity index (χ1n) is 5.90. The summed E-state index contributed by atoms with van der Waals surface area (Å²) >= 11 is 3.17. The smallest absolute Gasteiger partial charge is 0.223 e. The van der Waals surface area contributed by atoms with Crippen molar-refractivity contribution in [2.24, 2.45) is 0 Å². The minimum atomic E-state index is 0.279. The molecule has 7 heteroatoms. The lowest BCUT2D eigenvalue weighted by atomic mass is 10.3. The number of hydrogen-bond donors (Lipinski definition) is 2. The summed E-state index contributed by atoms with van der Waals surface area (Å²) in [5.74, 6) is 1.01. The zero-order valence-electron chi connectivity index (χ0n) is 10.2. The Morgan fingerprint density at radius 3 is 3.00 bits per heavy atom. The van der Waals surface area contributed by atoms with Crippen LogP contribution in [0.1, 0.15) is 0 Å². The molecule has 4 rings (SSSR count). The van der Waals surface area contributed by atoms with Gasteiger partial charge in [0, 0.05) is 5.69 Å². The summed E-state index contributed by atoms with van der Waals surface area (Å²) in [4.78, 5) is 13.7. The lowest BCUT2D eigenvalue weighted by molar-refractivity contribution is 1.25. The predicted octanol–water partition coefficient (Wildman–Crippen LogP) is 3.63. The summed E-state index contributed by atoms with van der Waals surface area (Å²) in [6.07, 6.45) is 0. The first-order chi connectivity index (χ1) is 9.79. The lowest BCUT2D eigenvalue weighted by Crippen LogP contribution is -2.00. The van der Waals surface area contributed by atoms with E-state index in [1.54, 1.807) is 22.7 Å². The number of aromatic nitrogens is 3. The molecule has 0 atom stereocenters. The van der Waals surface area contributed by atoms with Gasteiger partial charge in [-0.1, -0.05) is 0 Å². The average molecular weight is 299 g/mol. The highest BCUT2D eigenvalue weighted by molar-refractivity contribution is 7.17. The third-order valence-electron chi connectivity index (χ3n) is 2.94. The van der Waals surface area contributed by atoms with Gasteiger partial charge in [-0.15, -0.1) is 22.7 Å². The SMILES string of the molecule is Nc1nc(Nc2ccc3ncsc3c2)c2ccsc2n1. The fourth-order valence-electron chi connectivity index (χ4n) is 2.04. The summed E-state index contributed by atoms with van der Waals surface area (Å²) < 4.78 is 1.14. The average Bonchev–Trinajstić information content (AvgIpc) is 3.05. The van der Waals surface area contributed by atoms with Crippen LogP contribution >= 0.6 is 22.7 Å². The summed E-state index contributed by atoms with van der Waals surface area (Å²) in [5, 5.41) is 6.27. The van der Waals surface area contributed by atoms with Gasteiger partial charge in [-0.2, -0.15) is 4.98 Å². The van der Waals surface area contributed by atoms with Crippen LogP contribution in [-0.4, -0.2) is 15.0 Å². The fraction of sp³-hybridized carbons (Fsp3) is 0. The zero-order valence-corrected chi connectivity index (χ0v) is 11.8. The van der Waals surface area contributed by atoms with Crippen LogP contribution in [0.4, 0.5) is 17.5 Å². The molecule has 4 aromatic rings. The highest BCUT2D eigenvalue weighted by atomic mass is 32.1. The van der Waals surface area contributed by atoms with E-state index in [-0.39, 0.29) is 5.95 Å². The Morgan fingerprint density at radius 1 is 1.10 bits per heavy atom. The van der Waals surface area contributed by atoms with E-state index in [0.717, 1.165) is 31.9 Å². The molecule has 20 heavy (non-hydrogen) atoms. The number of thiazole rings is 1. The lowest BCUT2D eigenvalue weighted by Gasteiger charge is -2.07. The van der Waals surface area contributed by atoms with Crippen LogP contribution in [0.2, 0.25) is 0 Å². The topological polar surface area (TPSA) is 76.7 Å². The van der Waals surface area contributed by atoms with Crippen LogP contribution in [0, 0.1) is 0 Å². The largest absolute Gasteiger partial charge is 0.368 e. The normalized spacial score (nSPS) is 11.2. The monoisotopic (exact) mass is 299 g/mol. The summed E-state index contributed by atoms with van der Waals surface area (Å²) in [7, 11) is 0. The van der Waals surface area contributed by atoms with Crippen LogP contribution in [0.3, 0.4) is 0 Å². The van der Waals surface area contributed by atoms with Crippen LogP contribution in [0.15, 0.2) is 35.2 Å². The Hall–Kier alpha value is -2.25. The van der Waals surface area contributed by atoms with Crippen molar-refractivity contribution in [1.82, 2.24) is 15.0 Å². The molecule has 98 valence electrons. The van der Waals surface area contributed by atoms with E-state index in [0.29, 0.717) is 0 Å². The quantitative estimate of drug-likeness (QED) is 0.591. The van der Waals surface area contributed by atoms with Gasteiger partial charge in [-0.3, -0.25) is 0 Å². The maximum atomic E-state index is 5.75. The highest BCUT2D eigenvalue weighted by Gasteiger charge is 2.08. The summed E-state index contributed by atoms with van der Waals surface area (Å²) in [6, 6.07) is 8.03. The van der Waals surface area contributed by atoms with Crippen LogP contribution in [0.25, 0.3) is 20.4 Å². The molecule has 0 unspecified atom stereocenters. The third kappa shape index (κ3) is 1.87. The second-order valence-electron chi connectivity index (χ2n) is 4.23. The number of hydrogen-bond acceptors (Lipinski definition) is 7. The van der Waals surface area contributed by atoms with Crippen molar-refractivity contribution in [3.8, 4) is 0 Å². The van der Waals surface area contributed by atoms with Crippen LogP contribution < -0.4 is 11.1 Å². The van der Waals surface area contributed by atoms with Gasteiger partial charge >= 0.3 is 0 Å². The molecule has 0 aliphatic heterocycles. The van der Waals surface area contributed by atoms with Gasteiger partial charge in [0.15, 0.2) is 0 Å². The number of thiophene rings is 1. The van der Waals surface area contributed by atoms with Gasteiger partial charge in [-0.25, -0.2) is 9.97 Å². The number of fused-ring (bicyclic) bond motifs is 2. The Morgan fingerprint density at radius 2 is 2.05 bits per heavy atom. The number of benzene rings is 1. The van der Waals surface area contributed by atoms with Gasteiger partial charge < -0.3 is 11.1 Å². The molecule has 0 fully saturated rings. The fourth-order valence-corrected chi connectivity index (χ4v) is 3.52. The van der Waals surface area contributed by atoms with Crippen molar-refractivity contribution in [1.29, 1.82) is 0 Å². The van der Waals surface area contributed by atoms with Gasteiger partial charge in [-0.05, 0) is 29.6 Å². The predicted molar refractivity (Wildman–Crippen MR) is 84.7 cm³/mol. The van der Waals surface area contributed by atoms with Crippen molar-refractivity contribution in [3.63, 3.8) is 0 Å². The molecule has 5 nitrogen and oxygen atoms in total. The molecule has 0 amide bonds. The number of nitrogens with two attached hydrogens (primary N) is 1. The molecule has 3 aromatic heterocycles. The molecule has 1 aromatic carbocycles.